The number of amides is 1. The Morgan fingerprint density at radius 1 is 1.16 bits per heavy atom. The number of aromatic nitrogens is 1. The minimum absolute atomic E-state index is 0.0701. The number of rotatable bonds is 5. The third-order valence-electron chi connectivity index (χ3n) is 4.08. The first-order valence-corrected chi connectivity index (χ1v) is 8.86. The molecule has 0 aliphatic heterocycles. The fourth-order valence-electron chi connectivity index (χ4n) is 2.55. The number of hydrogen-bond donors (Lipinski definition) is 0. The standard InChI is InChI=1S/C20H20N2O2S/c1-14-6-4-5-7-16(14)12-22(2)20(23)18-13-25-19(21-18)15-8-10-17(24-3)11-9-15/h4-11,13H,12H2,1-3H3. The van der Waals surface area contributed by atoms with E-state index in [2.05, 4.69) is 18.0 Å². The first-order chi connectivity index (χ1) is 12.1. The van der Waals surface area contributed by atoms with Crippen molar-refractivity contribution in [1.82, 2.24) is 9.88 Å². The molecule has 128 valence electrons. The Bertz CT molecular complexity index is 871. The van der Waals surface area contributed by atoms with E-state index in [1.54, 1.807) is 19.1 Å². The highest BCUT2D eigenvalue weighted by molar-refractivity contribution is 7.13. The van der Waals surface area contributed by atoms with Crippen LogP contribution in [0.5, 0.6) is 5.75 Å². The molecule has 0 fully saturated rings. The third-order valence-corrected chi connectivity index (χ3v) is 4.97. The normalized spacial score (nSPS) is 10.5. The summed E-state index contributed by atoms with van der Waals surface area (Å²) in [7, 11) is 3.45. The average Bonchev–Trinajstić information content (AvgIpc) is 3.13. The molecular formula is C20H20N2O2S. The second-order valence-corrected chi connectivity index (χ2v) is 6.71. The van der Waals surface area contributed by atoms with Gasteiger partial charge in [0.05, 0.1) is 7.11 Å². The largest absolute Gasteiger partial charge is 0.497 e. The molecular weight excluding hydrogens is 332 g/mol. The third kappa shape index (κ3) is 3.88. The van der Waals surface area contributed by atoms with E-state index in [0.717, 1.165) is 21.9 Å². The Labute approximate surface area is 151 Å². The second-order valence-electron chi connectivity index (χ2n) is 5.85. The number of carbonyl (C=O) groups is 1. The number of carbonyl (C=O) groups excluding carboxylic acids is 1. The van der Waals surface area contributed by atoms with Gasteiger partial charge in [-0.3, -0.25) is 4.79 Å². The van der Waals surface area contributed by atoms with E-state index in [1.807, 2.05) is 47.8 Å². The van der Waals surface area contributed by atoms with Crippen molar-refractivity contribution >= 4 is 17.2 Å². The van der Waals surface area contributed by atoms with Gasteiger partial charge in [-0.1, -0.05) is 24.3 Å². The van der Waals surface area contributed by atoms with Crippen LogP contribution >= 0.6 is 11.3 Å². The molecule has 0 N–H and O–H groups in total. The van der Waals surface area contributed by atoms with Crippen LogP contribution in [0.3, 0.4) is 0 Å². The van der Waals surface area contributed by atoms with Gasteiger partial charge in [-0.15, -0.1) is 11.3 Å². The van der Waals surface area contributed by atoms with Crippen LogP contribution in [0.15, 0.2) is 53.9 Å². The summed E-state index contributed by atoms with van der Waals surface area (Å²) in [5.41, 5.74) is 3.78. The van der Waals surface area contributed by atoms with Crippen molar-refractivity contribution < 1.29 is 9.53 Å². The molecule has 3 aromatic rings. The highest BCUT2D eigenvalue weighted by Crippen LogP contribution is 2.26. The molecule has 0 spiro atoms. The van der Waals surface area contributed by atoms with Gasteiger partial charge in [0.15, 0.2) is 0 Å². The summed E-state index contributed by atoms with van der Waals surface area (Å²) < 4.78 is 5.17. The Hall–Kier alpha value is -2.66. The zero-order valence-corrected chi connectivity index (χ0v) is 15.3. The van der Waals surface area contributed by atoms with Gasteiger partial charge in [-0.25, -0.2) is 4.98 Å². The first kappa shape index (κ1) is 17.2. The molecule has 0 unspecified atom stereocenters. The Morgan fingerprint density at radius 3 is 2.56 bits per heavy atom. The van der Waals surface area contributed by atoms with Crippen LogP contribution in [-0.4, -0.2) is 29.9 Å². The predicted molar refractivity (Wildman–Crippen MR) is 101 cm³/mol. The summed E-state index contributed by atoms with van der Waals surface area (Å²) in [4.78, 5) is 18.9. The number of hydrogen-bond acceptors (Lipinski definition) is 4. The summed E-state index contributed by atoms with van der Waals surface area (Å²) in [6.45, 7) is 2.62. The van der Waals surface area contributed by atoms with Crippen LogP contribution < -0.4 is 4.74 Å². The molecule has 0 saturated carbocycles. The van der Waals surface area contributed by atoms with Crippen molar-refractivity contribution in [2.45, 2.75) is 13.5 Å². The van der Waals surface area contributed by atoms with E-state index in [9.17, 15) is 4.79 Å². The van der Waals surface area contributed by atoms with Gasteiger partial charge in [-0.05, 0) is 42.3 Å². The van der Waals surface area contributed by atoms with Gasteiger partial charge in [0.1, 0.15) is 16.5 Å². The van der Waals surface area contributed by atoms with Gasteiger partial charge in [0.25, 0.3) is 5.91 Å². The quantitative estimate of drug-likeness (QED) is 0.683. The first-order valence-electron chi connectivity index (χ1n) is 7.98. The number of benzene rings is 2. The van der Waals surface area contributed by atoms with Crippen molar-refractivity contribution in [1.29, 1.82) is 0 Å². The highest BCUT2D eigenvalue weighted by atomic mass is 32.1. The summed E-state index contributed by atoms with van der Waals surface area (Å²) >= 11 is 1.47. The Balaban J connectivity index is 1.74. The molecule has 4 nitrogen and oxygen atoms in total. The molecule has 0 bridgehead atoms. The number of nitrogens with zero attached hydrogens (tertiary/aromatic N) is 2. The molecule has 3 rings (SSSR count). The molecule has 1 heterocycles. The van der Waals surface area contributed by atoms with Crippen LogP contribution in [0.2, 0.25) is 0 Å². The van der Waals surface area contributed by atoms with Crippen LogP contribution in [0.25, 0.3) is 10.6 Å². The van der Waals surface area contributed by atoms with Gasteiger partial charge in [-0.2, -0.15) is 0 Å². The van der Waals surface area contributed by atoms with Crippen LogP contribution in [0.1, 0.15) is 21.6 Å². The van der Waals surface area contributed by atoms with Crippen LogP contribution in [-0.2, 0) is 6.54 Å². The van der Waals surface area contributed by atoms with E-state index >= 15 is 0 Å². The molecule has 0 aliphatic carbocycles. The number of aryl methyl sites for hydroxylation is 1. The van der Waals surface area contributed by atoms with E-state index in [-0.39, 0.29) is 5.91 Å². The fraction of sp³-hybridized carbons (Fsp3) is 0.200. The molecule has 5 heteroatoms. The number of methoxy groups -OCH3 is 1. The van der Waals surface area contributed by atoms with Gasteiger partial charge < -0.3 is 9.64 Å². The topological polar surface area (TPSA) is 42.4 Å². The van der Waals surface area contributed by atoms with E-state index < -0.39 is 0 Å². The molecule has 25 heavy (non-hydrogen) atoms. The smallest absolute Gasteiger partial charge is 0.273 e. The maximum Gasteiger partial charge on any atom is 0.273 e. The molecule has 0 aliphatic rings. The number of thiazole rings is 1. The van der Waals surface area contributed by atoms with Crippen molar-refractivity contribution in [3.05, 3.63) is 70.7 Å². The number of ether oxygens (including phenoxy) is 1. The summed E-state index contributed by atoms with van der Waals surface area (Å²) in [6, 6.07) is 15.8. The van der Waals surface area contributed by atoms with Gasteiger partial charge in [0, 0.05) is 24.5 Å². The van der Waals surface area contributed by atoms with Crippen LogP contribution in [0.4, 0.5) is 0 Å². The molecule has 1 aromatic heterocycles. The zero-order valence-electron chi connectivity index (χ0n) is 14.5. The lowest BCUT2D eigenvalue weighted by Gasteiger charge is -2.17. The maximum absolute atomic E-state index is 12.7. The van der Waals surface area contributed by atoms with Crippen molar-refractivity contribution in [2.75, 3.05) is 14.2 Å². The Kier molecular flexibility index (Phi) is 5.14. The zero-order chi connectivity index (χ0) is 17.8. The monoisotopic (exact) mass is 352 g/mol. The summed E-state index contributed by atoms with van der Waals surface area (Å²) in [6.07, 6.45) is 0. The molecule has 0 radical (unpaired) electrons. The highest BCUT2D eigenvalue weighted by Gasteiger charge is 2.17. The summed E-state index contributed by atoms with van der Waals surface area (Å²) in [5.74, 6) is 0.730. The lowest BCUT2D eigenvalue weighted by atomic mass is 10.1. The maximum atomic E-state index is 12.7. The lowest BCUT2D eigenvalue weighted by Crippen LogP contribution is -2.26. The van der Waals surface area contributed by atoms with E-state index in [1.165, 1.54) is 16.9 Å². The minimum Gasteiger partial charge on any atom is -0.497 e. The van der Waals surface area contributed by atoms with Crippen molar-refractivity contribution in [3.63, 3.8) is 0 Å². The minimum atomic E-state index is -0.0701. The Morgan fingerprint density at radius 2 is 1.88 bits per heavy atom. The molecule has 1 amide bonds. The lowest BCUT2D eigenvalue weighted by molar-refractivity contribution is 0.0780. The fourth-order valence-corrected chi connectivity index (χ4v) is 3.35. The average molecular weight is 352 g/mol. The molecule has 0 atom stereocenters. The van der Waals surface area contributed by atoms with E-state index in [0.29, 0.717) is 12.2 Å². The SMILES string of the molecule is COc1ccc(-c2nc(C(=O)N(C)Cc3ccccc3C)cs2)cc1. The van der Waals surface area contributed by atoms with Gasteiger partial charge >= 0.3 is 0 Å². The van der Waals surface area contributed by atoms with Gasteiger partial charge in [0.2, 0.25) is 0 Å². The second kappa shape index (κ2) is 7.49. The van der Waals surface area contributed by atoms with E-state index in [4.69, 9.17) is 4.74 Å². The predicted octanol–water partition coefficient (Wildman–Crippen LogP) is 4.40. The summed E-state index contributed by atoms with van der Waals surface area (Å²) in [5, 5.41) is 2.64. The van der Waals surface area contributed by atoms with Crippen LogP contribution in [0, 0.1) is 6.92 Å². The van der Waals surface area contributed by atoms with Crippen molar-refractivity contribution in [2.24, 2.45) is 0 Å². The van der Waals surface area contributed by atoms with Crippen molar-refractivity contribution in [3.8, 4) is 16.3 Å². The molecule has 0 saturated heterocycles. The molecule has 2 aromatic carbocycles.